The molecule has 0 radical (unpaired) electrons. The number of nitrogens with zero attached hydrogens (tertiary/aromatic N) is 1. The Morgan fingerprint density at radius 1 is 1.04 bits per heavy atom. The zero-order chi connectivity index (χ0) is 18.5. The summed E-state index contributed by atoms with van der Waals surface area (Å²) in [5.74, 6) is 0.273. The smallest absolute Gasteiger partial charge is 0.138 e. The molecule has 0 fully saturated rings. The van der Waals surface area contributed by atoms with Crippen molar-refractivity contribution in [2.45, 2.75) is 20.5 Å². The molecule has 0 spiro atoms. The molecule has 0 N–H and O–H groups in total. The van der Waals surface area contributed by atoms with E-state index in [0.717, 1.165) is 22.4 Å². The molecule has 0 aliphatic rings. The lowest BCUT2D eigenvalue weighted by atomic mass is 10.1. The van der Waals surface area contributed by atoms with Crippen LogP contribution >= 0.6 is 11.6 Å². The van der Waals surface area contributed by atoms with E-state index in [2.05, 4.69) is 24.9 Å². The highest BCUT2D eigenvalue weighted by Crippen LogP contribution is 2.27. The van der Waals surface area contributed by atoms with E-state index in [4.69, 9.17) is 16.3 Å². The number of hydrogen-bond acceptors (Lipinski definition) is 2. The van der Waals surface area contributed by atoms with Gasteiger partial charge in [0.25, 0.3) is 0 Å². The van der Waals surface area contributed by atoms with Crippen LogP contribution in [-0.4, -0.2) is 6.21 Å². The van der Waals surface area contributed by atoms with Gasteiger partial charge in [0, 0.05) is 6.21 Å². The first-order valence-electron chi connectivity index (χ1n) is 8.30. The number of ether oxygens (including phenoxy) is 1. The molecule has 4 heteroatoms. The Morgan fingerprint density at radius 2 is 1.85 bits per heavy atom. The van der Waals surface area contributed by atoms with Crippen LogP contribution in [0.5, 0.6) is 5.75 Å². The largest absolute Gasteiger partial charge is 0.487 e. The van der Waals surface area contributed by atoms with E-state index in [9.17, 15) is 4.39 Å². The van der Waals surface area contributed by atoms with Gasteiger partial charge in [-0.15, -0.1) is 0 Å². The van der Waals surface area contributed by atoms with Crippen LogP contribution in [0, 0.1) is 19.7 Å². The highest BCUT2D eigenvalue weighted by Gasteiger charge is 2.04. The Hall–Kier alpha value is -2.65. The summed E-state index contributed by atoms with van der Waals surface area (Å²) in [6, 6.07) is 17.8. The number of benzene rings is 3. The molecule has 0 saturated heterocycles. The molecule has 3 aromatic carbocycles. The van der Waals surface area contributed by atoms with Crippen LogP contribution in [-0.2, 0) is 6.61 Å². The summed E-state index contributed by atoms with van der Waals surface area (Å²) in [6.45, 7) is 4.38. The summed E-state index contributed by atoms with van der Waals surface area (Å²) in [6.07, 6.45) is 1.78. The lowest BCUT2D eigenvalue weighted by Gasteiger charge is -2.09. The fourth-order valence-corrected chi connectivity index (χ4v) is 2.77. The van der Waals surface area contributed by atoms with Crippen LogP contribution in [0.25, 0.3) is 0 Å². The summed E-state index contributed by atoms with van der Waals surface area (Å²) < 4.78 is 18.9. The van der Waals surface area contributed by atoms with Crippen LogP contribution in [0.4, 0.5) is 10.1 Å². The van der Waals surface area contributed by atoms with Gasteiger partial charge in [-0.2, -0.15) is 0 Å². The molecule has 0 amide bonds. The zero-order valence-electron chi connectivity index (χ0n) is 14.7. The van der Waals surface area contributed by atoms with E-state index in [1.165, 1.54) is 17.7 Å². The van der Waals surface area contributed by atoms with Gasteiger partial charge in [0.2, 0.25) is 0 Å². The fourth-order valence-electron chi connectivity index (χ4n) is 2.52. The van der Waals surface area contributed by atoms with E-state index in [1.807, 2.05) is 24.3 Å². The van der Waals surface area contributed by atoms with Gasteiger partial charge in [-0.05, 0) is 72.5 Å². The first kappa shape index (κ1) is 18.2. The molecule has 26 heavy (non-hydrogen) atoms. The minimum absolute atomic E-state index is 0.257. The van der Waals surface area contributed by atoms with Gasteiger partial charge in [0.15, 0.2) is 0 Å². The second kappa shape index (κ2) is 8.15. The maximum atomic E-state index is 13.2. The Balaban J connectivity index is 1.71. The van der Waals surface area contributed by atoms with E-state index in [-0.39, 0.29) is 12.4 Å². The van der Waals surface area contributed by atoms with Gasteiger partial charge in [-0.3, -0.25) is 4.99 Å². The highest BCUT2D eigenvalue weighted by atomic mass is 35.5. The van der Waals surface area contributed by atoms with Crippen molar-refractivity contribution in [1.82, 2.24) is 0 Å². The predicted molar refractivity (Wildman–Crippen MR) is 105 cm³/mol. The van der Waals surface area contributed by atoms with E-state index >= 15 is 0 Å². The first-order chi connectivity index (χ1) is 12.5. The summed E-state index contributed by atoms with van der Waals surface area (Å²) >= 11 is 6.30. The molecular weight excluding hydrogens is 349 g/mol. The van der Waals surface area contributed by atoms with Gasteiger partial charge >= 0.3 is 0 Å². The molecule has 132 valence electrons. The summed E-state index contributed by atoms with van der Waals surface area (Å²) in [5, 5.41) is 0.492. The lowest BCUT2D eigenvalue weighted by molar-refractivity contribution is 0.306. The number of aliphatic imine (C=N–C) groups is 1. The second-order valence-corrected chi connectivity index (χ2v) is 6.49. The third kappa shape index (κ3) is 4.50. The minimum atomic E-state index is -0.282. The third-order valence-corrected chi connectivity index (χ3v) is 4.46. The molecule has 0 aromatic heterocycles. The minimum Gasteiger partial charge on any atom is -0.487 e. The monoisotopic (exact) mass is 367 g/mol. The molecule has 0 atom stereocenters. The second-order valence-electron chi connectivity index (χ2n) is 6.09. The van der Waals surface area contributed by atoms with E-state index in [1.54, 1.807) is 24.4 Å². The van der Waals surface area contributed by atoms with Crippen molar-refractivity contribution in [3.8, 4) is 5.75 Å². The molecule has 0 aliphatic carbocycles. The maximum Gasteiger partial charge on any atom is 0.138 e. The quantitative estimate of drug-likeness (QED) is 0.476. The van der Waals surface area contributed by atoms with Crippen molar-refractivity contribution < 1.29 is 9.13 Å². The van der Waals surface area contributed by atoms with Crippen molar-refractivity contribution in [2.24, 2.45) is 4.99 Å². The number of hydrogen-bond donors (Lipinski definition) is 0. The molecule has 0 unspecified atom stereocenters. The van der Waals surface area contributed by atoms with Gasteiger partial charge < -0.3 is 4.74 Å². The van der Waals surface area contributed by atoms with Gasteiger partial charge in [-0.1, -0.05) is 35.9 Å². The molecule has 3 aromatic rings. The summed E-state index contributed by atoms with van der Waals surface area (Å²) in [7, 11) is 0. The van der Waals surface area contributed by atoms with Crippen molar-refractivity contribution in [3.05, 3.63) is 93.8 Å². The van der Waals surface area contributed by atoms with Crippen LogP contribution in [0.15, 0.2) is 65.7 Å². The van der Waals surface area contributed by atoms with E-state index in [0.29, 0.717) is 10.8 Å². The Morgan fingerprint density at radius 3 is 2.62 bits per heavy atom. The molecule has 2 nitrogen and oxygen atoms in total. The van der Waals surface area contributed by atoms with Crippen molar-refractivity contribution >= 4 is 23.5 Å². The molecule has 0 saturated carbocycles. The van der Waals surface area contributed by atoms with Crippen LogP contribution in [0.3, 0.4) is 0 Å². The Labute approximate surface area is 157 Å². The van der Waals surface area contributed by atoms with Crippen molar-refractivity contribution in [2.75, 3.05) is 0 Å². The standard InChI is InChI=1S/C22H19ClFNO/c1-15-5-3-8-21(16(15)2)25-13-17-9-10-22(20(23)12-17)26-14-18-6-4-7-19(24)11-18/h3-13H,14H2,1-2H3. The number of rotatable bonds is 5. The first-order valence-corrected chi connectivity index (χ1v) is 8.68. The van der Waals surface area contributed by atoms with Crippen LogP contribution in [0.2, 0.25) is 5.02 Å². The van der Waals surface area contributed by atoms with Gasteiger partial charge in [0.1, 0.15) is 18.2 Å². The topological polar surface area (TPSA) is 21.6 Å². The third-order valence-electron chi connectivity index (χ3n) is 4.17. The Kier molecular flexibility index (Phi) is 5.69. The van der Waals surface area contributed by atoms with E-state index < -0.39 is 0 Å². The van der Waals surface area contributed by atoms with Crippen LogP contribution < -0.4 is 4.74 Å². The zero-order valence-corrected chi connectivity index (χ0v) is 15.4. The lowest BCUT2D eigenvalue weighted by Crippen LogP contribution is -1.97. The normalized spacial score (nSPS) is 11.1. The number of halogens is 2. The van der Waals surface area contributed by atoms with Crippen LogP contribution in [0.1, 0.15) is 22.3 Å². The predicted octanol–water partition coefficient (Wildman–Crippen LogP) is 6.43. The molecule has 0 heterocycles. The SMILES string of the molecule is Cc1cccc(N=Cc2ccc(OCc3cccc(F)c3)c(Cl)c2)c1C. The fraction of sp³-hybridized carbons (Fsp3) is 0.136. The molecular formula is C22H19ClFNO. The summed E-state index contributed by atoms with van der Waals surface area (Å²) in [4.78, 5) is 4.54. The van der Waals surface area contributed by atoms with Crippen molar-refractivity contribution in [3.63, 3.8) is 0 Å². The molecule has 0 aliphatic heterocycles. The molecule has 0 bridgehead atoms. The molecule has 3 rings (SSSR count). The van der Waals surface area contributed by atoms with Crippen molar-refractivity contribution in [1.29, 1.82) is 0 Å². The maximum absolute atomic E-state index is 13.2. The van der Waals surface area contributed by atoms with Gasteiger partial charge in [0.05, 0.1) is 10.7 Å². The average Bonchev–Trinajstić information content (AvgIpc) is 2.62. The van der Waals surface area contributed by atoms with Gasteiger partial charge in [-0.25, -0.2) is 4.39 Å². The number of aryl methyl sites for hydroxylation is 1. The summed E-state index contributed by atoms with van der Waals surface area (Å²) in [5.41, 5.74) is 4.94. The highest BCUT2D eigenvalue weighted by molar-refractivity contribution is 6.32. The average molecular weight is 368 g/mol. The Bertz CT molecular complexity index is 953.